The summed E-state index contributed by atoms with van der Waals surface area (Å²) in [7, 11) is 1.72. The van der Waals surface area contributed by atoms with Gasteiger partial charge in [0.1, 0.15) is 5.75 Å². The number of amides is 1. The summed E-state index contributed by atoms with van der Waals surface area (Å²) >= 11 is 0. The molecule has 1 atom stereocenters. The highest BCUT2D eigenvalue weighted by atomic mass is 16.5. The van der Waals surface area contributed by atoms with Crippen molar-refractivity contribution < 1.29 is 14.3 Å². The van der Waals surface area contributed by atoms with E-state index in [1.54, 1.807) is 7.11 Å². The zero-order valence-corrected chi connectivity index (χ0v) is 16.0. The van der Waals surface area contributed by atoms with Gasteiger partial charge in [-0.05, 0) is 25.8 Å². The molecule has 144 valence electrons. The average molecular weight is 361 g/mol. The molecular formula is C20H31N3O3. The molecule has 2 heterocycles. The van der Waals surface area contributed by atoms with Crippen molar-refractivity contribution in [3.63, 3.8) is 0 Å². The lowest BCUT2D eigenvalue weighted by Crippen LogP contribution is -2.49. The Balaban J connectivity index is 1.40. The Hall–Kier alpha value is -1.63. The topological polar surface area (TPSA) is 54.0 Å². The van der Waals surface area contributed by atoms with Crippen LogP contribution < -0.4 is 10.1 Å². The van der Waals surface area contributed by atoms with E-state index >= 15 is 0 Å². The SMILES string of the molecule is COc1ccc(C)cc1CN1CCN(CC(=O)NC[C@@H]2CCCO2)CC1. The fourth-order valence-corrected chi connectivity index (χ4v) is 3.67. The van der Waals surface area contributed by atoms with Gasteiger partial charge in [0.15, 0.2) is 0 Å². The molecule has 3 rings (SSSR count). The van der Waals surface area contributed by atoms with Gasteiger partial charge in [0.2, 0.25) is 5.91 Å². The first-order valence-corrected chi connectivity index (χ1v) is 9.60. The van der Waals surface area contributed by atoms with Crippen LogP contribution in [-0.2, 0) is 16.1 Å². The number of carbonyl (C=O) groups is 1. The largest absolute Gasteiger partial charge is 0.496 e. The number of ether oxygens (including phenoxy) is 2. The lowest BCUT2D eigenvalue weighted by atomic mass is 10.1. The standard InChI is InChI=1S/C20H31N3O3/c1-16-5-6-19(25-2)17(12-16)14-22-7-9-23(10-8-22)15-20(24)21-13-18-4-3-11-26-18/h5-6,12,18H,3-4,7-11,13-15H2,1-2H3,(H,21,24)/t18-/m0/s1. The molecule has 26 heavy (non-hydrogen) atoms. The van der Waals surface area contributed by atoms with Gasteiger partial charge in [-0.15, -0.1) is 0 Å². The third-order valence-electron chi connectivity index (χ3n) is 5.21. The Labute approximate surface area is 156 Å². The van der Waals surface area contributed by atoms with E-state index in [2.05, 4.69) is 34.2 Å². The Kier molecular flexibility index (Phi) is 6.88. The summed E-state index contributed by atoms with van der Waals surface area (Å²) in [5.74, 6) is 1.06. The summed E-state index contributed by atoms with van der Waals surface area (Å²) in [5.41, 5.74) is 2.48. The van der Waals surface area contributed by atoms with Gasteiger partial charge in [-0.1, -0.05) is 17.7 Å². The Bertz CT molecular complexity index is 594. The smallest absolute Gasteiger partial charge is 0.234 e. The van der Waals surface area contributed by atoms with Crippen LogP contribution in [0.15, 0.2) is 18.2 Å². The van der Waals surface area contributed by atoms with E-state index in [9.17, 15) is 4.79 Å². The molecule has 2 aliphatic rings. The predicted octanol–water partition coefficient (Wildman–Crippen LogP) is 1.42. The molecule has 0 aromatic heterocycles. The van der Waals surface area contributed by atoms with E-state index in [1.807, 2.05) is 6.07 Å². The molecule has 2 saturated heterocycles. The fraction of sp³-hybridized carbons (Fsp3) is 0.650. The minimum absolute atomic E-state index is 0.106. The first kappa shape index (κ1) is 19.1. The predicted molar refractivity (Wildman–Crippen MR) is 101 cm³/mol. The molecular weight excluding hydrogens is 330 g/mol. The van der Waals surface area contributed by atoms with Gasteiger partial charge in [-0.2, -0.15) is 0 Å². The molecule has 1 aromatic rings. The van der Waals surface area contributed by atoms with E-state index < -0.39 is 0 Å². The van der Waals surface area contributed by atoms with Crippen LogP contribution in [0, 0.1) is 6.92 Å². The fourth-order valence-electron chi connectivity index (χ4n) is 3.67. The van der Waals surface area contributed by atoms with Crippen molar-refractivity contribution in [2.45, 2.75) is 32.4 Å². The number of nitrogens with zero attached hydrogens (tertiary/aromatic N) is 2. The van der Waals surface area contributed by atoms with Crippen LogP contribution in [0.4, 0.5) is 0 Å². The molecule has 0 radical (unpaired) electrons. The van der Waals surface area contributed by atoms with E-state index in [1.165, 1.54) is 11.1 Å². The van der Waals surface area contributed by atoms with Crippen molar-refractivity contribution in [3.8, 4) is 5.75 Å². The lowest BCUT2D eigenvalue weighted by Gasteiger charge is -2.34. The summed E-state index contributed by atoms with van der Waals surface area (Å²) in [6.07, 6.45) is 2.37. The number of carbonyl (C=O) groups excluding carboxylic acids is 1. The number of methoxy groups -OCH3 is 1. The molecule has 0 unspecified atom stereocenters. The maximum atomic E-state index is 12.1. The second kappa shape index (κ2) is 9.35. The highest BCUT2D eigenvalue weighted by molar-refractivity contribution is 5.78. The zero-order valence-electron chi connectivity index (χ0n) is 16.0. The lowest BCUT2D eigenvalue weighted by molar-refractivity contribution is -0.123. The van der Waals surface area contributed by atoms with Gasteiger partial charge < -0.3 is 14.8 Å². The summed E-state index contributed by atoms with van der Waals surface area (Å²) in [6, 6.07) is 6.32. The van der Waals surface area contributed by atoms with Crippen molar-refractivity contribution in [1.82, 2.24) is 15.1 Å². The van der Waals surface area contributed by atoms with Crippen LogP contribution in [0.1, 0.15) is 24.0 Å². The number of hydrogen-bond acceptors (Lipinski definition) is 5. The molecule has 1 aromatic carbocycles. The number of aryl methyl sites for hydroxylation is 1. The molecule has 0 saturated carbocycles. The summed E-state index contributed by atoms with van der Waals surface area (Å²) < 4.78 is 11.0. The third-order valence-corrected chi connectivity index (χ3v) is 5.21. The summed E-state index contributed by atoms with van der Waals surface area (Å²) in [4.78, 5) is 16.8. The summed E-state index contributed by atoms with van der Waals surface area (Å²) in [6.45, 7) is 8.73. The minimum Gasteiger partial charge on any atom is -0.496 e. The van der Waals surface area contributed by atoms with Crippen molar-refractivity contribution >= 4 is 5.91 Å². The van der Waals surface area contributed by atoms with Crippen LogP contribution >= 0.6 is 0 Å². The second-order valence-electron chi connectivity index (χ2n) is 7.31. The first-order valence-electron chi connectivity index (χ1n) is 9.60. The van der Waals surface area contributed by atoms with Gasteiger partial charge >= 0.3 is 0 Å². The molecule has 0 bridgehead atoms. The highest BCUT2D eigenvalue weighted by Crippen LogP contribution is 2.22. The number of piperazine rings is 1. The molecule has 2 aliphatic heterocycles. The first-order chi connectivity index (χ1) is 12.6. The van der Waals surface area contributed by atoms with Crippen molar-refractivity contribution in [3.05, 3.63) is 29.3 Å². The normalized spacial score (nSPS) is 21.7. The number of hydrogen-bond donors (Lipinski definition) is 1. The quantitative estimate of drug-likeness (QED) is 0.796. The van der Waals surface area contributed by atoms with Gasteiger partial charge in [0, 0.05) is 51.4 Å². The maximum absolute atomic E-state index is 12.1. The molecule has 1 amide bonds. The number of rotatable bonds is 7. The van der Waals surface area contributed by atoms with Gasteiger partial charge in [0.25, 0.3) is 0 Å². The monoisotopic (exact) mass is 361 g/mol. The van der Waals surface area contributed by atoms with E-state index in [0.29, 0.717) is 13.1 Å². The zero-order chi connectivity index (χ0) is 18.4. The highest BCUT2D eigenvalue weighted by Gasteiger charge is 2.21. The van der Waals surface area contributed by atoms with Crippen LogP contribution in [-0.4, -0.2) is 74.8 Å². The van der Waals surface area contributed by atoms with Crippen molar-refractivity contribution in [2.75, 3.05) is 53.0 Å². The van der Waals surface area contributed by atoms with Gasteiger partial charge in [0.05, 0.1) is 19.8 Å². The van der Waals surface area contributed by atoms with E-state index in [-0.39, 0.29) is 12.0 Å². The van der Waals surface area contributed by atoms with Crippen molar-refractivity contribution in [2.24, 2.45) is 0 Å². The molecule has 0 aliphatic carbocycles. The third kappa shape index (κ3) is 5.43. The molecule has 2 fully saturated rings. The Morgan fingerprint density at radius 1 is 1.27 bits per heavy atom. The van der Waals surface area contributed by atoms with Crippen molar-refractivity contribution in [1.29, 1.82) is 0 Å². The molecule has 6 nitrogen and oxygen atoms in total. The van der Waals surface area contributed by atoms with E-state index in [4.69, 9.17) is 9.47 Å². The molecule has 1 N–H and O–H groups in total. The van der Waals surface area contributed by atoms with Gasteiger partial charge in [-0.25, -0.2) is 0 Å². The van der Waals surface area contributed by atoms with Crippen LogP contribution in [0.5, 0.6) is 5.75 Å². The number of benzene rings is 1. The Morgan fingerprint density at radius 3 is 2.73 bits per heavy atom. The minimum atomic E-state index is 0.106. The maximum Gasteiger partial charge on any atom is 0.234 e. The molecule has 6 heteroatoms. The van der Waals surface area contributed by atoms with Gasteiger partial charge in [-0.3, -0.25) is 14.6 Å². The van der Waals surface area contributed by atoms with Crippen LogP contribution in [0.2, 0.25) is 0 Å². The average Bonchev–Trinajstić information content (AvgIpc) is 3.15. The van der Waals surface area contributed by atoms with Crippen LogP contribution in [0.25, 0.3) is 0 Å². The molecule has 0 spiro atoms. The Morgan fingerprint density at radius 2 is 2.04 bits per heavy atom. The van der Waals surface area contributed by atoms with Crippen LogP contribution in [0.3, 0.4) is 0 Å². The second-order valence-corrected chi connectivity index (χ2v) is 7.31. The number of nitrogens with one attached hydrogen (secondary N) is 1. The van der Waals surface area contributed by atoms with E-state index in [0.717, 1.165) is 57.9 Å². The summed E-state index contributed by atoms with van der Waals surface area (Å²) in [5, 5.41) is 3.01.